The summed E-state index contributed by atoms with van der Waals surface area (Å²) in [5.41, 5.74) is 1.69. The summed E-state index contributed by atoms with van der Waals surface area (Å²) in [6.45, 7) is 6.19. The molecule has 0 radical (unpaired) electrons. The SMILES string of the molecule is CC(C)(C)c1cccc(C(=O)OC(=O)c2ccccc2)c1. The molecule has 3 nitrogen and oxygen atoms in total. The van der Waals surface area contributed by atoms with E-state index < -0.39 is 11.9 Å². The Balaban J connectivity index is 2.16. The van der Waals surface area contributed by atoms with Gasteiger partial charge in [-0.25, -0.2) is 9.59 Å². The van der Waals surface area contributed by atoms with Crippen molar-refractivity contribution in [3.8, 4) is 0 Å². The number of hydrogen-bond acceptors (Lipinski definition) is 3. The van der Waals surface area contributed by atoms with Crippen LogP contribution in [0.5, 0.6) is 0 Å². The molecule has 0 fully saturated rings. The monoisotopic (exact) mass is 282 g/mol. The fourth-order valence-electron chi connectivity index (χ4n) is 1.89. The molecule has 0 N–H and O–H groups in total. The predicted octanol–water partition coefficient (Wildman–Crippen LogP) is 3.98. The first kappa shape index (κ1) is 15.0. The summed E-state index contributed by atoms with van der Waals surface area (Å²) in [6.07, 6.45) is 0. The molecule has 3 heteroatoms. The maximum absolute atomic E-state index is 12.1. The van der Waals surface area contributed by atoms with Crippen LogP contribution in [-0.2, 0) is 10.2 Å². The van der Waals surface area contributed by atoms with Crippen molar-refractivity contribution in [3.05, 3.63) is 71.3 Å². The standard InChI is InChI=1S/C18H18O3/c1-18(2,3)15-11-7-10-14(12-15)17(20)21-16(19)13-8-5-4-6-9-13/h4-12H,1-3H3. The Hall–Kier alpha value is -2.42. The van der Waals surface area contributed by atoms with Gasteiger partial charge in [0.05, 0.1) is 11.1 Å². The highest BCUT2D eigenvalue weighted by atomic mass is 16.6. The largest absolute Gasteiger partial charge is 0.386 e. The molecule has 2 rings (SSSR count). The van der Waals surface area contributed by atoms with Crippen molar-refractivity contribution in [2.24, 2.45) is 0 Å². The molecule has 2 aromatic carbocycles. The first-order chi connectivity index (χ1) is 9.88. The molecule has 0 aliphatic rings. The maximum atomic E-state index is 12.1. The lowest BCUT2D eigenvalue weighted by atomic mass is 9.86. The molecule has 21 heavy (non-hydrogen) atoms. The van der Waals surface area contributed by atoms with Crippen molar-refractivity contribution >= 4 is 11.9 Å². The fraction of sp³-hybridized carbons (Fsp3) is 0.222. The van der Waals surface area contributed by atoms with Crippen LogP contribution in [0.3, 0.4) is 0 Å². The van der Waals surface area contributed by atoms with E-state index in [1.807, 2.05) is 6.07 Å². The summed E-state index contributed by atoms with van der Waals surface area (Å²) in [5, 5.41) is 0. The second-order valence-corrected chi connectivity index (χ2v) is 5.87. The first-order valence-electron chi connectivity index (χ1n) is 6.80. The van der Waals surface area contributed by atoms with Gasteiger partial charge in [-0.15, -0.1) is 0 Å². The van der Waals surface area contributed by atoms with E-state index in [2.05, 4.69) is 20.8 Å². The highest BCUT2D eigenvalue weighted by Gasteiger charge is 2.18. The Morgan fingerprint density at radius 1 is 0.810 bits per heavy atom. The summed E-state index contributed by atoms with van der Waals surface area (Å²) in [5.74, 6) is -1.27. The highest BCUT2D eigenvalue weighted by Crippen LogP contribution is 2.23. The second-order valence-electron chi connectivity index (χ2n) is 5.87. The van der Waals surface area contributed by atoms with Crippen LogP contribution in [0, 0.1) is 0 Å². The molecule has 0 atom stereocenters. The van der Waals surface area contributed by atoms with Crippen LogP contribution in [-0.4, -0.2) is 11.9 Å². The van der Waals surface area contributed by atoms with Gasteiger partial charge >= 0.3 is 11.9 Å². The molecule has 108 valence electrons. The third kappa shape index (κ3) is 3.78. The van der Waals surface area contributed by atoms with E-state index in [-0.39, 0.29) is 5.41 Å². The average molecular weight is 282 g/mol. The van der Waals surface area contributed by atoms with Crippen LogP contribution < -0.4 is 0 Å². The van der Waals surface area contributed by atoms with Gasteiger partial charge < -0.3 is 4.74 Å². The summed E-state index contributed by atoms with van der Waals surface area (Å²) in [6, 6.07) is 15.6. The molecule has 0 amide bonds. The van der Waals surface area contributed by atoms with Gasteiger partial charge in [-0.2, -0.15) is 0 Å². The molecule has 0 aliphatic heterocycles. The van der Waals surface area contributed by atoms with Crippen molar-refractivity contribution in [3.63, 3.8) is 0 Å². The van der Waals surface area contributed by atoms with Gasteiger partial charge in [-0.1, -0.05) is 51.1 Å². The molecule has 0 spiro atoms. The normalized spacial score (nSPS) is 11.0. The Kier molecular flexibility index (Phi) is 4.22. The zero-order valence-electron chi connectivity index (χ0n) is 12.4. The molecule has 0 aromatic heterocycles. The minimum Gasteiger partial charge on any atom is -0.386 e. The quantitative estimate of drug-likeness (QED) is 0.618. The molecule has 0 saturated heterocycles. The summed E-state index contributed by atoms with van der Waals surface area (Å²) >= 11 is 0. The maximum Gasteiger partial charge on any atom is 0.346 e. The van der Waals surface area contributed by atoms with E-state index in [9.17, 15) is 9.59 Å². The molecular weight excluding hydrogens is 264 g/mol. The highest BCUT2D eigenvalue weighted by molar-refractivity contribution is 6.02. The van der Waals surface area contributed by atoms with E-state index in [1.165, 1.54) is 0 Å². The lowest BCUT2D eigenvalue weighted by molar-refractivity contribution is 0.0397. The Bertz CT molecular complexity index is 652. The number of hydrogen-bond donors (Lipinski definition) is 0. The van der Waals surface area contributed by atoms with E-state index in [1.54, 1.807) is 48.5 Å². The Morgan fingerprint density at radius 2 is 1.38 bits per heavy atom. The van der Waals surface area contributed by atoms with E-state index in [0.717, 1.165) is 5.56 Å². The van der Waals surface area contributed by atoms with Gasteiger partial charge in [0.25, 0.3) is 0 Å². The Labute approximate surface area is 124 Å². The zero-order valence-corrected chi connectivity index (χ0v) is 12.4. The van der Waals surface area contributed by atoms with Gasteiger partial charge in [-0.05, 0) is 35.2 Å². The van der Waals surface area contributed by atoms with Gasteiger partial charge in [0.15, 0.2) is 0 Å². The third-order valence-electron chi connectivity index (χ3n) is 3.16. The Morgan fingerprint density at radius 3 is 2.00 bits per heavy atom. The number of ether oxygens (including phenoxy) is 1. The van der Waals surface area contributed by atoms with Crippen molar-refractivity contribution < 1.29 is 14.3 Å². The van der Waals surface area contributed by atoms with Crippen LogP contribution in [0.15, 0.2) is 54.6 Å². The van der Waals surface area contributed by atoms with Crippen LogP contribution in [0.2, 0.25) is 0 Å². The number of benzene rings is 2. The molecule has 0 saturated carbocycles. The van der Waals surface area contributed by atoms with Crippen LogP contribution in [0.1, 0.15) is 47.1 Å². The molecule has 0 heterocycles. The number of esters is 2. The summed E-state index contributed by atoms with van der Waals surface area (Å²) < 4.78 is 4.91. The van der Waals surface area contributed by atoms with Gasteiger partial charge in [0.2, 0.25) is 0 Å². The molecular formula is C18H18O3. The van der Waals surface area contributed by atoms with E-state index >= 15 is 0 Å². The molecule has 0 aliphatic carbocycles. The van der Waals surface area contributed by atoms with Crippen molar-refractivity contribution in [2.75, 3.05) is 0 Å². The van der Waals surface area contributed by atoms with Crippen LogP contribution in [0.25, 0.3) is 0 Å². The van der Waals surface area contributed by atoms with Gasteiger partial charge in [0, 0.05) is 0 Å². The zero-order chi connectivity index (χ0) is 15.5. The van der Waals surface area contributed by atoms with Crippen molar-refractivity contribution in [1.82, 2.24) is 0 Å². The smallest absolute Gasteiger partial charge is 0.346 e. The average Bonchev–Trinajstić information content (AvgIpc) is 2.47. The third-order valence-corrected chi connectivity index (χ3v) is 3.16. The number of carbonyl (C=O) groups is 2. The van der Waals surface area contributed by atoms with Gasteiger partial charge in [-0.3, -0.25) is 0 Å². The number of carbonyl (C=O) groups excluding carboxylic acids is 2. The van der Waals surface area contributed by atoms with E-state index in [0.29, 0.717) is 11.1 Å². The lowest BCUT2D eigenvalue weighted by Crippen LogP contribution is -2.15. The lowest BCUT2D eigenvalue weighted by Gasteiger charge is -2.19. The van der Waals surface area contributed by atoms with Crippen molar-refractivity contribution in [2.45, 2.75) is 26.2 Å². The second kappa shape index (κ2) is 5.92. The fourth-order valence-corrected chi connectivity index (χ4v) is 1.89. The minimum absolute atomic E-state index is 0.0697. The van der Waals surface area contributed by atoms with Crippen LogP contribution in [0.4, 0.5) is 0 Å². The molecule has 0 bridgehead atoms. The van der Waals surface area contributed by atoms with Crippen molar-refractivity contribution in [1.29, 1.82) is 0 Å². The summed E-state index contributed by atoms with van der Waals surface area (Å²) in [4.78, 5) is 23.9. The number of rotatable bonds is 2. The molecule has 0 unspecified atom stereocenters. The van der Waals surface area contributed by atoms with E-state index in [4.69, 9.17) is 4.74 Å². The first-order valence-corrected chi connectivity index (χ1v) is 6.80. The topological polar surface area (TPSA) is 43.4 Å². The molecule has 2 aromatic rings. The van der Waals surface area contributed by atoms with Crippen LogP contribution >= 0.6 is 0 Å². The van der Waals surface area contributed by atoms with Gasteiger partial charge in [0.1, 0.15) is 0 Å². The predicted molar refractivity (Wildman–Crippen MR) is 81.3 cm³/mol. The minimum atomic E-state index is -0.637. The summed E-state index contributed by atoms with van der Waals surface area (Å²) in [7, 11) is 0.